The molecule has 0 radical (unpaired) electrons. The highest BCUT2D eigenvalue weighted by Crippen LogP contribution is 2.24. The van der Waals surface area contributed by atoms with Gasteiger partial charge >= 0.3 is 0 Å². The summed E-state index contributed by atoms with van der Waals surface area (Å²) in [5.74, 6) is 0.0579. The van der Waals surface area contributed by atoms with Crippen molar-refractivity contribution in [2.45, 2.75) is 26.3 Å². The van der Waals surface area contributed by atoms with Crippen molar-refractivity contribution < 1.29 is 9.59 Å². The summed E-state index contributed by atoms with van der Waals surface area (Å²) in [5, 5.41) is 2.80. The van der Waals surface area contributed by atoms with E-state index in [1.807, 2.05) is 17.0 Å². The molecule has 21 heavy (non-hydrogen) atoms. The van der Waals surface area contributed by atoms with Gasteiger partial charge in [0.1, 0.15) is 0 Å². The van der Waals surface area contributed by atoms with Crippen molar-refractivity contribution in [3.8, 4) is 0 Å². The van der Waals surface area contributed by atoms with Gasteiger partial charge in [-0.2, -0.15) is 0 Å². The predicted octanol–water partition coefficient (Wildman–Crippen LogP) is 1.35. The molecular formula is C16H21N3O2. The Morgan fingerprint density at radius 3 is 2.57 bits per heavy atom. The lowest BCUT2D eigenvalue weighted by Crippen LogP contribution is -2.50. The molecule has 2 aliphatic heterocycles. The predicted molar refractivity (Wildman–Crippen MR) is 81.4 cm³/mol. The Hall–Kier alpha value is -1.88. The third kappa shape index (κ3) is 2.78. The van der Waals surface area contributed by atoms with Gasteiger partial charge in [0.2, 0.25) is 5.91 Å². The van der Waals surface area contributed by atoms with E-state index in [-0.39, 0.29) is 11.8 Å². The summed E-state index contributed by atoms with van der Waals surface area (Å²) in [6.07, 6.45) is 0.414. The molecule has 0 saturated carbocycles. The van der Waals surface area contributed by atoms with Crippen molar-refractivity contribution >= 4 is 17.5 Å². The van der Waals surface area contributed by atoms with Gasteiger partial charge in [-0.05, 0) is 31.5 Å². The van der Waals surface area contributed by atoms with Gasteiger partial charge < -0.3 is 10.2 Å². The molecule has 2 amide bonds. The maximum absolute atomic E-state index is 12.6. The fourth-order valence-corrected chi connectivity index (χ4v) is 2.97. The monoisotopic (exact) mass is 287 g/mol. The fourth-order valence-electron chi connectivity index (χ4n) is 2.97. The number of hydrogen-bond acceptors (Lipinski definition) is 3. The summed E-state index contributed by atoms with van der Waals surface area (Å²) in [6, 6.07) is 6.04. The topological polar surface area (TPSA) is 52.6 Å². The number of fused-ring (bicyclic) bond motifs is 1. The third-order valence-corrected chi connectivity index (χ3v) is 4.31. The van der Waals surface area contributed by atoms with Crippen molar-refractivity contribution in [1.82, 2.24) is 9.80 Å². The zero-order chi connectivity index (χ0) is 15.0. The number of carbonyl (C=O) groups excluding carboxylic acids is 2. The second kappa shape index (κ2) is 5.48. The molecule has 1 N–H and O–H groups in total. The molecule has 1 aromatic carbocycles. The minimum absolute atomic E-state index is 0.000136. The molecule has 0 aromatic heterocycles. The van der Waals surface area contributed by atoms with Crippen LogP contribution in [0.1, 0.15) is 29.8 Å². The largest absolute Gasteiger partial charge is 0.336 e. The van der Waals surface area contributed by atoms with Crippen LogP contribution in [-0.2, 0) is 11.2 Å². The molecule has 1 fully saturated rings. The van der Waals surface area contributed by atoms with Crippen LogP contribution in [0.25, 0.3) is 0 Å². The van der Waals surface area contributed by atoms with E-state index in [0.717, 1.165) is 37.4 Å². The van der Waals surface area contributed by atoms with Crippen LogP contribution >= 0.6 is 0 Å². The van der Waals surface area contributed by atoms with Gasteiger partial charge in [0.15, 0.2) is 0 Å². The van der Waals surface area contributed by atoms with Crippen LogP contribution in [0.15, 0.2) is 18.2 Å². The Bertz CT molecular complexity index is 575. The van der Waals surface area contributed by atoms with E-state index >= 15 is 0 Å². The smallest absolute Gasteiger partial charge is 0.254 e. The zero-order valence-corrected chi connectivity index (χ0v) is 12.6. The Labute approximate surface area is 124 Å². The summed E-state index contributed by atoms with van der Waals surface area (Å²) in [6.45, 7) is 7.73. The molecule has 1 aromatic rings. The number of benzene rings is 1. The second-order valence-electron chi connectivity index (χ2n) is 6.02. The lowest BCUT2D eigenvalue weighted by atomic mass is 10.1. The van der Waals surface area contributed by atoms with Crippen molar-refractivity contribution in [3.05, 3.63) is 29.3 Å². The highest BCUT2D eigenvalue weighted by atomic mass is 16.2. The molecule has 5 heteroatoms. The van der Waals surface area contributed by atoms with Crippen LogP contribution in [0.5, 0.6) is 0 Å². The van der Waals surface area contributed by atoms with Gasteiger partial charge in [-0.15, -0.1) is 0 Å². The Balaban J connectivity index is 1.69. The summed E-state index contributed by atoms with van der Waals surface area (Å²) in [5.41, 5.74) is 2.42. The lowest BCUT2D eigenvalue weighted by Gasteiger charge is -2.37. The van der Waals surface area contributed by atoms with E-state index in [1.165, 1.54) is 0 Å². The van der Waals surface area contributed by atoms with Gasteiger partial charge in [0.25, 0.3) is 5.91 Å². The summed E-state index contributed by atoms with van der Waals surface area (Å²) in [7, 11) is 0. The lowest BCUT2D eigenvalue weighted by molar-refractivity contribution is -0.115. The number of rotatable bonds is 2. The van der Waals surface area contributed by atoms with Gasteiger partial charge in [0.05, 0.1) is 6.42 Å². The maximum Gasteiger partial charge on any atom is 0.254 e. The first-order valence-corrected chi connectivity index (χ1v) is 7.50. The van der Waals surface area contributed by atoms with E-state index < -0.39 is 0 Å². The molecule has 1 saturated heterocycles. The number of piperazine rings is 1. The zero-order valence-electron chi connectivity index (χ0n) is 12.6. The Morgan fingerprint density at radius 1 is 1.19 bits per heavy atom. The van der Waals surface area contributed by atoms with Gasteiger partial charge in [-0.25, -0.2) is 0 Å². The van der Waals surface area contributed by atoms with E-state index in [0.29, 0.717) is 18.0 Å². The number of anilines is 1. The number of amides is 2. The minimum atomic E-state index is 0.000136. The first-order chi connectivity index (χ1) is 10.0. The highest BCUT2D eigenvalue weighted by Gasteiger charge is 2.25. The van der Waals surface area contributed by atoms with Crippen LogP contribution in [0.3, 0.4) is 0 Å². The molecule has 0 atom stereocenters. The fraction of sp³-hybridized carbons (Fsp3) is 0.500. The maximum atomic E-state index is 12.6. The van der Waals surface area contributed by atoms with Crippen molar-refractivity contribution in [3.63, 3.8) is 0 Å². The Morgan fingerprint density at radius 2 is 1.90 bits per heavy atom. The van der Waals surface area contributed by atoms with Crippen molar-refractivity contribution in [2.24, 2.45) is 0 Å². The normalized spacial score (nSPS) is 18.8. The quantitative estimate of drug-likeness (QED) is 0.893. The molecule has 112 valence electrons. The molecule has 0 spiro atoms. The molecule has 3 rings (SSSR count). The summed E-state index contributed by atoms with van der Waals surface area (Å²) in [4.78, 5) is 28.2. The summed E-state index contributed by atoms with van der Waals surface area (Å²) < 4.78 is 0. The van der Waals surface area contributed by atoms with Gasteiger partial charge in [0, 0.05) is 43.5 Å². The van der Waals surface area contributed by atoms with Crippen molar-refractivity contribution in [2.75, 3.05) is 31.5 Å². The minimum Gasteiger partial charge on any atom is -0.336 e. The molecule has 5 nitrogen and oxygen atoms in total. The molecule has 2 heterocycles. The van der Waals surface area contributed by atoms with E-state index in [2.05, 4.69) is 24.1 Å². The van der Waals surface area contributed by atoms with E-state index in [9.17, 15) is 9.59 Å². The van der Waals surface area contributed by atoms with Crippen molar-refractivity contribution in [1.29, 1.82) is 0 Å². The van der Waals surface area contributed by atoms with Gasteiger partial charge in [-0.1, -0.05) is 6.07 Å². The first kappa shape index (κ1) is 14.1. The standard InChI is InChI=1S/C16H21N3O2/c1-11(2)18-5-7-19(8-6-18)16(21)13-4-3-12-10-15(20)17-14(12)9-13/h3-4,9,11H,5-8,10H2,1-2H3,(H,17,20). The average Bonchev–Trinajstić information content (AvgIpc) is 2.85. The Kier molecular flexibility index (Phi) is 3.68. The molecule has 0 bridgehead atoms. The van der Waals surface area contributed by atoms with Crippen LogP contribution in [0.4, 0.5) is 5.69 Å². The third-order valence-electron chi connectivity index (χ3n) is 4.31. The SMILES string of the molecule is CC(C)N1CCN(C(=O)c2ccc3c(c2)NC(=O)C3)CC1. The van der Waals surface area contributed by atoms with Crippen LogP contribution in [0.2, 0.25) is 0 Å². The van der Waals surface area contributed by atoms with Crippen LogP contribution in [-0.4, -0.2) is 53.8 Å². The molecule has 0 aliphatic carbocycles. The highest BCUT2D eigenvalue weighted by molar-refractivity contribution is 6.02. The number of nitrogens with one attached hydrogen (secondary N) is 1. The van der Waals surface area contributed by atoms with E-state index in [1.54, 1.807) is 6.07 Å². The van der Waals surface area contributed by atoms with Crippen LogP contribution in [0, 0.1) is 0 Å². The van der Waals surface area contributed by atoms with Crippen LogP contribution < -0.4 is 5.32 Å². The second-order valence-corrected chi connectivity index (χ2v) is 6.02. The number of nitrogens with zero attached hydrogens (tertiary/aromatic N) is 2. The first-order valence-electron chi connectivity index (χ1n) is 7.50. The number of hydrogen-bond donors (Lipinski definition) is 1. The summed E-state index contributed by atoms with van der Waals surface area (Å²) >= 11 is 0. The average molecular weight is 287 g/mol. The number of carbonyl (C=O) groups is 2. The molecule has 2 aliphatic rings. The van der Waals surface area contributed by atoms with Gasteiger partial charge in [-0.3, -0.25) is 14.5 Å². The molecule has 0 unspecified atom stereocenters. The van der Waals surface area contributed by atoms with E-state index in [4.69, 9.17) is 0 Å². The molecular weight excluding hydrogens is 266 g/mol.